The minimum atomic E-state index is 0.0118. The first-order valence-electron chi connectivity index (χ1n) is 6.16. The predicted molar refractivity (Wildman–Crippen MR) is 84.5 cm³/mol. The molecule has 6 heteroatoms. The van der Waals surface area contributed by atoms with Crippen molar-refractivity contribution in [2.75, 3.05) is 0 Å². The van der Waals surface area contributed by atoms with Gasteiger partial charge in [0.1, 0.15) is 12.4 Å². The van der Waals surface area contributed by atoms with Crippen LogP contribution in [0.15, 0.2) is 41.6 Å². The number of rotatable bonds is 4. The highest BCUT2D eigenvalue weighted by Crippen LogP contribution is 2.24. The summed E-state index contributed by atoms with van der Waals surface area (Å²) in [7, 11) is 0. The smallest absolute Gasteiger partial charge is 0.170 e. The van der Waals surface area contributed by atoms with Crippen LogP contribution < -0.4 is 10.5 Å². The lowest BCUT2D eigenvalue weighted by Gasteiger charge is -2.10. The minimum Gasteiger partial charge on any atom is -0.489 e. The number of nitrogens with zero attached hydrogens (tertiary/aromatic N) is 1. The molecule has 3 N–H and O–H groups in total. The second-order valence-corrected chi connectivity index (χ2v) is 5.31. The van der Waals surface area contributed by atoms with Crippen molar-refractivity contribution in [3.63, 3.8) is 0 Å². The normalized spacial score (nSPS) is 11.5. The molecule has 0 saturated carbocycles. The van der Waals surface area contributed by atoms with Crippen LogP contribution in [-0.2, 0) is 6.61 Å². The minimum absolute atomic E-state index is 0.0118. The third-order valence-electron chi connectivity index (χ3n) is 2.98. The summed E-state index contributed by atoms with van der Waals surface area (Å²) in [5, 5.41) is 12.8. The van der Waals surface area contributed by atoms with Gasteiger partial charge in [0.25, 0.3) is 0 Å². The topological polar surface area (TPSA) is 67.8 Å². The van der Waals surface area contributed by atoms with Gasteiger partial charge in [-0.2, -0.15) is 0 Å². The van der Waals surface area contributed by atoms with Crippen molar-refractivity contribution in [2.24, 2.45) is 10.9 Å². The van der Waals surface area contributed by atoms with Crippen molar-refractivity contribution < 1.29 is 9.94 Å². The van der Waals surface area contributed by atoms with E-state index in [-0.39, 0.29) is 5.84 Å². The van der Waals surface area contributed by atoms with Gasteiger partial charge in [0.15, 0.2) is 5.84 Å². The summed E-state index contributed by atoms with van der Waals surface area (Å²) in [5.74, 6) is 0.728. The highest BCUT2D eigenvalue weighted by atomic mass is 35.5. The van der Waals surface area contributed by atoms with E-state index in [1.807, 2.05) is 13.0 Å². The lowest BCUT2D eigenvalue weighted by molar-refractivity contribution is 0.306. The summed E-state index contributed by atoms with van der Waals surface area (Å²) < 4.78 is 5.68. The number of ether oxygens (including phenoxy) is 1. The lowest BCUT2D eigenvalue weighted by Crippen LogP contribution is -2.13. The third-order valence-corrected chi connectivity index (χ3v) is 3.76. The molecule has 2 aromatic rings. The molecule has 0 fully saturated rings. The van der Waals surface area contributed by atoms with Gasteiger partial charge in [0.05, 0.1) is 0 Å². The molecule has 0 aliphatic carbocycles. The van der Waals surface area contributed by atoms with E-state index in [1.54, 1.807) is 30.3 Å². The first kappa shape index (κ1) is 15.5. The summed E-state index contributed by atoms with van der Waals surface area (Å²) in [5.41, 5.74) is 7.81. The van der Waals surface area contributed by atoms with Gasteiger partial charge in [-0.3, -0.25) is 0 Å². The van der Waals surface area contributed by atoms with Gasteiger partial charge < -0.3 is 15.7 Å². The molecule has 0 bridgehead atoms. The van der Waals surface area contributed by atoms with Gasteiger partial charge in [-0.05, 0) is 36.8 Å². The van der Waals surface area contributed by atoms with E-state index in [0.29, 0.717) is 28.0 Å². The van der Waals surface area contributed by atoms with Crippen molar-refractivity contribution in [3.8, 4) is 5.75 Å². The van der Waals surface area contributed by atoms with Crippen LogP contribution in [0.5, 0.6) is 5.75 Å². The van der Waals surface area contributed by atoms with Crippen LogP contribution in [-0.4, -0.2) is 11.0 Å². The quantitative estimate of drug-likeness (QED) is 0.387. The molecule has 21 heavy (non-hydrogen) atoms. The van der Waals surface area contributed by atoms with E-state index in [9.17, 15) is 0 Å². The summed E-state index contributed by atoms with van der Waals surface area (Å²) in [6.07, 6.45) is 0. The van der Waals surface area contributed by atoms with Crippen molar-refractivity contribution in [2.45, 2.75) is 13.5 Å². The van der Waals surface area contributed by atoms with Crippen molar-refractivity contribution >= 4 is 29.0 Å². The van der Waals surface area contributed by atoms with Gasteiger partial charge in [-0.1, -0.05) is 40.5 Å². The molecule has 0 aliphatic heterocycles. The van der Waals surface area contributed by atoms with Crippen molar-refractivity contribution in [1.82, 2.24) is 0 Å². The summed E-state index contributed by atoms with van der Waals surface area (Å²) in [6, 6.07) is 10.6. The molecule has 0 heterocycles. The van der Waals surface area contributed by atoms with Crippen molar-refractivity contribution in [1.29, 1.82) is 0 Å². The van der Waals surface area contributed by atoms with E-state index < -0.39 is 0 Å². The van der Waals surface area contributed by atoms with Crippen LogP contribution in [0.1, 0.15) is 16.7 Å². The first-order chi connectivity index (χ1) is 10.0. The number of hydrogen-bond donors (Lipinski definition) is 2. The monoisotopic (exact) mass is 324 g/mol. The van der Waals surface area contributed by atoms with E-state index >= 15 is 0 Å². The van der Waals surface area contributed by atoms with Crippen LogP contribution in [0.4, 0.5) is 0 Å². The third kappa shape index (κ3) is 3.80. The molecule has 0 aromatic heterocycles. The molecule has 0 radical (unpaired) electrons. The molecule has 110 valence electrons. The van der Waals surface area contributed by atoms with Crippen LogP contribution in [0.3, 0.4) is 0 Å². The Balaban J connectivity index is 2.11. The van der Waals surface area contributed by atoms with Gasteiger partial charge in [-0.15, -0.1) is 0 Å². The zero-order valence-corrected chi connectivity index (χ0v) is 12.8. The van der Waals surface area contributed by atoms with E-state index in [1.165, 1.54) is 0 Å². The number of benzene rings is 2. The first-order valence-corrected chi connectivity index (χ1v) is 6.92. The number of aryl methyl sites for hydroxylation is 1. The standard InChI is InChI=1S/C15H14Cl2N2O2/c1-9-6-12(4-5-13(9)16)21-8-11-3-2-10(7-14(11)17)15(18)19-20/h2-7,20H,8H2,1H3,(H2,18,19). The Morgan fingerprint density at radius 3 is 2.57 bits per heavy atom. The molecule has 2 aromatic carbocycles. The average molecular weight is 325 g/mol. The second kappa shape index (κ2) is 6.70. The molecule has 0 spiro atoms. The van der Waals surface area contributed by atoms with Crippen LogP contribution in [0.25, 0.3) is 0 Å². The molecule has 0 amide bonds. The van der Waals surface area contributed by atoms with E-state index in [0.717, 1.165) is 11.1 Å². The SMILES string of the molecule is Cc1cc(OCc2ccc(/C(N)=N/O)cc2Cl)ccc1Cl. The lowest BCUT2D eigenvalue weighted by atomic mass is 10.1. The van der Waals surface area contributed by atoms with Gasteiger partial charge in [-0.25, -0.2) is 0 Å². The molecular formula is C15H14Cl2N2O2. The Labute approximate surface area is 132 Å². The van der Waals surface area contributed by atoms with Gasteiger partial charge in [0, 0.05) is 21.2 Å². The fraction of sp³-hybridized carbons (Fsp3) is 0.133. The molecule has 0 atom stereocenters. The summed E-state index contributed by atoms with van der Waals surface area (Å²) >= 11 is 12.1. The number of nitrogens with two attached hydrogens (primary N) is 1. The highest BCUT2D eigenvalue weighted by molar-refractivity contribution is 6.32. The average Bonchev–Trinajstić information content (AvgIpc) is 2.48. The van der Waals surface area contributed by atoms with E-state index in [4.69, 9.17) is 38.9 Å². The Morgan fingerprint density at radius 2 is 1.95 bits per heavy atom. The molecule has 0 saturated heterocycles. The molecule has 0 aliphatic rings. The number of halogens is 2. The van der Waals surface area contributed by atoms with Crippen LogP contribution >= 0.6 is 23.2 Å². The van der Waals surface area contributed by atoms with Crippen molar-refractivity contribution in [3.05, 3.63) is 63.1 Å². The fourth-order valence-corrected chi connectivity index (χ4v) is 2.10. The second-order valence-electron chi connectivity index (χ2n) is 4.49. The maximum absolute atomic E-state index is 8.63. The van der Waals surface area contributed by atoms with Crippen LogP contribution in [0.2, 0.25) is 10.0 Å². The zero-order valence-electron chi connectivity index (χ0n) is 11.3. The molecular weight excluding hydrogens is 311 g/mol. The Kier molecular flexibility index (Phi) is 4.94. The van der Waals surface area contributed by atoms with Gasteiger partial charge in [0.2, 0.25) is 0 Å². The Hall–Kier alpha value is -1.91. The summed E-state index contributed by atoms with van der Waals surface area (Å²) in [6.45, 7) is 2.23. The summed E-state index contributed by atoms with van der Waals surface area (Å²) in [4.78, 5) is 0. The van der Waals surface area contributed by atoms with Gasteiger partial charge >= 0.3 is 0 Å². The largest absolute Gasteiger partial charge is 0.489 e. The molecule has 4 nitrogen and oxygen atoms in total. The van der Waals surface area contributed by atoms with E-state index in [2.05, 4.69) is 5.16 Å². The Bertz CT molecular complexity index is 687. The van der Waals surface area contributed by atoms with Crippen LogP contribution in [0, 0.1) is 6.92 Å². The number of hydrogen-bond acceptors (Lipinski definition) is 3. The Morgan fingerprint density at radius 1 is 1.19 bits per heavy atom. The maximum atomic E-state index is 8.63. The fourth-order valence-electron chi connectivity index (χ4n) is 1.75. The zero-order chi connectivity index (χ0) is 15.4. The predicted octanol–water partition coefficient (Wildman–Crippen LogP) is 3.98. The highest BCUT2D eigenvalue weighted by Gasteiger charge is 2.06. The molecule has 0 unspecified atom stereocenters. The molecule has 2 rings (SSSR count). The number of amidine groups is 1. The maximum Gasteiger partial charge on any atom is 0.170 e. The number of oxime groups is 1.